The molecule has 0 radical (unpaired) electrons. The highest BCUT2D eigenvalue weighted by molar-refractivity contribution is 5.59. The fourth-order valence-corrected chi connectivity index (χ4v) is 2.54. The Morgan fingerprint density at radius 3 is 2.54 bits per heavy atom. The van der Waals surface area contributed by atoms with E-state index in [0.29, 0.717) is 18.7 Å². The number of anilines is 2. The van der Waals surface area contributed by atoms with Gasteiger partial charge in [0.15, 0.2) is 0 Å². The maximum absolute atomic E-state index is 13.3. The number of ether oxygens (including phenoxy) is 2. The first kappa shape index (κ1) is 21.8. The summed E-state index contributed by atoms with van der Waals surface area (Å²) in [7, 11) is 0. The van der Waals surface area contributed by atoms with Crippen molar-refractivity contribution in [3.05, 3.63) is 36.0 Å². The van der Waals surface area contributed by atoms with Gasteiger partial charge in [0.25, 0.3) is 0 Å². The zero-order chi connectivity index (χ0) is 20.7. The van der Waals surface area contributed by atoms with E-state index in [1.165, 1.54) is 0 Å². The molecule has 0 spiro atoms. The number of alkyl halides is 3. The fraction of sp³-hybridized carbons (Fsp3) is 0.500. The molecule has 2 rings (SSSR count). The van der Waals surface area contributed by atoms with E-state index in [1.807, 2.05) is 52.0 Å². The average molecular weight is 397 g/mol. The van der Waals surface area contributed by atoms with Gasteiger partial charge in [-0.15, -0.1) is 0 Å². The molecule has 28 heavy (non-hydrogen) atoms. The summed E-state index contributed by atoms with van der Waals surface area (Å²) in [6.45, 7) is 8.27. The Kier molecular flexibility index (Phi) is 7.48. The van der Waals surface area contributed by atoms with Crippen LogP contribution in [0.1, 0.15) is 46.1 Å². The van der Waals surface area contributed by atoms with Gasteiger partial charge in [-0.2, -0.15) is 18.2 Å². The molecule has 5 nitrogen and oxygen atoms in total. The summed E-state index contributed by atoms with van der Waals surface area (Å²) >= 11 is 0. The zero-order valence-electron chi connectivity index (χ0n) is 16.6. The molecule has 1 aromatic heterocycles. The number of rotatable bonds is 9. The Labute approximate surface area is 163 Å². The highest BCUT2D eigenvalue weighted by Gasteiger charge is 2.36. The number of hydrogen-bond acceptors (Lipinski definition) is 5. The second-order valence-corrected chi connectivity index (χ2v) is 6.50. The van der Waals surface area contributed by atoms with Crippen molar-refractivity contribution in [2.75, 3.05) is 18.1 Å². The number of nitrogens with zero attached hydrogens (tertiary/aromatic N) is 3. The number of aromatic nitrogens is 2. The third-order valence-corrected chi connectivity index (χ3v) is 3.84. The number of halogens is 3. The summed E-state index contributed by atoms with van der Waals surface area (Å²) in [5.41, 5.74) is -0.250. The van der Waals surface area contributed by atoms with E-state index in [9.17, 15) is 13.2 Å². The molecule has 0 amide bonds. The van der Waals surface area contributed by atoms with Gasteiger partial charge < -0.3 is 14.4 Å². The van der Waals surface area contributed by atoms with Gasteiger partial charge in [0.2, 0.25) is 11.8 Å². The van der Waals surface area contributed by atoms with Crippen LogP contribution in [0.15, 0.2) is 30.5 Å². The van der Waals surface area contributed by atoms with Crippen molar-refractivity contribution in [3.8, 4) is 11.6 Å². The van der Waals surface area contributed by atoms with Gasteiger partial charge in [0.1, 0.15) is 11.3 Å². The van der Waals surface area contributed by atoms with E-state index < -0.39 is 17.6 Å². The first-order valence-electron chi connectivity index (χ1n) is 9.37. The van der Waals surface area contributed by atoms with E-state index in [-0.39, 0.29) is 18.7 Å². The van der Waals surface area contributed by atoms with Crippen LogP contribution in [0.4, 0.5) is 24.8 Å². The monoisotopic (exact) mass is 397 g/mol. The Balaban J connectivity index is 2.39. The van der Waals surface area contributed by atoms with Crippen molar-refractivity contribution in [1.82, 2.24) is 9.97 Å². The molecule has 1 heterocycles. The van der Waals surface area contributed by atoms with Gasteiger partial charge in [0, 0.05) is 24.5 Å². The minimum absolute atomic E-state index is 0.00575. The smallest absolute Gasteiger partial charge is 0.423 e. The molecule has 0 aliphatic rings. The maximum Gasteiger partial charge on any atom is 0.423 e. The second kappa shape index (κ2) is 9.61. The normalized spacial score (nSPS) is 11.6. The molecule has 0 saturated heterocycles. The predicted octanol–water partition coefficient (Wildman–Crippen LogP) is 5.62. The third kappa shape index (κ3) is 5.74. The quantitative estimate of drug-likeness (QED) is 0.514. The van der Waals surface area contributed by atoms with Crippen LogP contribution in [0.5, 0.6) is 11.6 Å². The van der Waals surface area contributed by atoms with E-state index >= 15 is 0 Å². The van der Waals surface area contributed by atoms with Crippen LogP contribution < -0.4 is 14.4 Å². The van der Waals surface area contributed by atoms with Gasteiger partial charge >= 0.3 is 6.18 Å². The van der Waals surface area contributed by atoms with Crippen LogP contribution >= 0.6 is 0 Å². The lowest BCUT2D eigenvalue weighted by Crippen LogP contribution is -2.21. The van der Waals surface area contributed by atoms with Crippen molar-refractivity contribution >= 4 is 11.6 Å². The summed E-state index contributed by atoms with van der Waals surface area (Å²) < 4.78 is 50.9. The molecule has 0 bridgehead atoms. The van der Waals surface area contributed by atoms with Gasteiger partial charge in [0.05, 0.1) is 12.7 Å². The molecule has 0 unspecified atom stereocenters. The molecule has 0 atom stereocenters. The molecule has 2 aromatic rings. The van der Waals surface area contributed by atoms with Crippen molar-refractivity contribution in [2.45, 2.75) is 52.8 Å². The molecular formula is C20H26F3N3O2. The van der Waals surface area contributed by atoms with Gasteiger partial charge in [-0.3, -0.25) is 0 Å². The van der Waals surface area contributed by atoms with Crippen molar-refractivity contribution in [1.29, 1.82) is 0 Å². The van der Waals surface area contributed by atoms with Crippen molar-refractivity contribution < 1.29 is 22.6 Å². The molecule has 0 aliphatic heterocycles. The molecule has 8 heteroatoms. The summed E-state index contributed by atoms with van der Waals surface area (Å²) in [6.07, 6.45) is -2.35. The first-order chi connectivity index (χ1) is 13.3. The second-order valence-electron chi connectivity index (χ2n) is 6.50. The van der Waals surface area contributed by atoms with Crippen LogP contribution in [-0.2, 0) is 6.18 Å². The number of hydrogen-bond donors (Lipinski definition) is 0. The lowest BCUT2D eigenvalue weighted by atomic mass is 10.2. The molecule has 0 saturated carbocycles. The Morgan fingerprint density at radius 2 is 1.93 bits per heavy atom. The topological polar surface area (TPSA) is 47.5 Å². The average Bonchev–Trinajstić information content (AvgIpc) is 2.61. The van der Waals surface area contributed by atoms with Crippen molar-refractivity contribution in [3.63, 3.8) is 0 Å². The Hall–Kier alpha value is -2.51. The summed E-state index contributed by atoms with van der Waals surface area (Å²) in [6, 6.07) is 7.28. The van der Waals surface area contributed by atoms with Crippen LogP contribution in [0, 0.1) is 0 Å². The van der Waals surface area contributed by atoms with Gasteiger partial charge in [-0.05, 0) is 39.3 Å². The number of unbranched alkanes of at least 4 members (excludes halogenated alkanes) is 1. The molecule has 0 fully saturated rings. The Morgan fingerprint density at radius 1 is 1.18 bits per heavy atom. The van der Waals surface area contributed by atoms with E-state index in [2.05, 4.69) is 9.97 Å². The summed E-state index contributed by atoms with van der Waals surface area (Å²) in [5.74, 6) is 0.361. The van der Waals surface area contributed by atoms with Crippen molar-refractivity contribution in [2.24, 2.45) is 0 Å². The van der Waals surface area contributed by atoms with Crippen LogP contribution in [0.3, 0.4) is 0 Å². The van der Waals surface area contributed by atoms with E-state index in [1.54, 1.807) is 4.90 Å². The van der Waals surface area contributed by atoms with E-state index in [0.717, 1.165) is 18.3 Å². The minimum atomic E-state index is -4.58. The van der Waals surface area contributed by atoms with E-state index in [4.69, 9.17) is 9.47 Å². The Bertz CT molecular complexity index is 767. The molecule has 0 aliphatic carbocycles. The van der Waals surface area contributed by atoms with Crippen LogP contribution in [0.25, 0.3) is 0 Å². The standard InChI is InChI=1S/C20H26F3N3O2/c1-5-7-11-27-18-17(20(21,22)23)13-24-19(25-18)26(6-2)15-9-8-10-16(12-15)28-14(3)4/h8-10,12-14H,5-7,11H2,1-4H3. The lowest BCUT2D eigenvalue weighted by molar-refractivity contribution is -0.139. The molecule has 154 valence electrons. The minimum Gasteiger partial charge on any atom is -0.491 e. The lowest BCUT2D eigenvalue weighted by Gasteiger charge is -2.23. The maximum atomic E-state index is 13.3. The fourth-order valence-electron chi connectivity index (χ4n) is 2.54. The number of benzene rings is 1. The summed E-state index contributed by atoms with van der Waals surface area (Å²) in [4.78, 5) is 9.74. The van der Waals surface area contributed by atoms with Crippen LogP contribution in [-0.4, -0.2) is 29.2 Å². The first-order valence-corrected chi connectivity index (χ1v) is 9.37. The third-order valence-electron chi connectivity index (χ3n) is 3.84. The summed E-state index contributed by atoms with van der Waals surface area (Å²) in [5, 5.41) is 0. The van der Waals surface area contributed by atoms with Gasteiger partial charge in [-0.1, -0.05) is 19.4 Å². The van der Waals surface area contributed by atoms with Crippen LogP contribution in [0.2, 0.25) is 0 Å². The zero-order valence-corrected chi connectivity index (χ0v) is 16.6. The van der Waals surface area contributed by atoms with Gasteiger partial charge in [-0.25, -0.2) is 4.98 Å². The highest BCUT2D eigenvalue weighted by Crippen LogP contribution is 2.36. The molecule has 1 aromatic carbocycles. The molecule has 0 N–H and O–H groups in total. The highest BCUT2D eigenvalue weighted by atomic mass is 19.4. The predicted molar refractivity (Wildman–Crippen MR) is 102 cm³/mol. The largest absolute Gasteiger partial charge is 0.491 e. The SMILES string of the molecule is CCCCOc1nc(N(CC)c2cccc(OC(C)C)c2)ncc1C(F)(F)F. The molecular weight excluding hydrogens is 371 g/mol.